The average Bonchev–Trinajstić information content (AvgIpc) is 3.17. The van der Waals surface area contributed by atoms with Gasteiger partial charge >= 0.3 is 0 Å². The predicted molar refractivity (Wildman–Crippen MR) is 128 cm³/mol. The third-order valence-electron chi connectivity index (χ3n) is 5.03. The molecule has 3 aromatic carbocycles. The van der Waals surface area contributed by atoms with Crippen LogP contribution in [0.3, 0.4) is 0 Å². The van der Waals surface area contributed by atoms with Gasteiger partial charge in [0.25, 0.3) is 0 Å². The average molecular weight is 466 g/mol. The van der Waals surface area contributed by atoms with E-state index in [1.165, 1.54) is 7.05 Å². The summed E-state index contributed by atoms with van der Waals surface area (Å²) in [6.45, 7) is 1.61. The van der Waals surface area contributed by atoms with E-state index >= 15 is 0 Å². The standard InChI is InChI=1S/C24H23N3O3S2/c1-17-7-13-20(14-8-17)32(29,30)27(2)16-23(28)25-19-11-9-18(10-12-19)15-24-26-21-5-3-4-6-22(21)31-24/h3-14H,15-16H2,1-2H3,(H,25,28). The number of amides is 1. The van der Waals surface area contributed by atoms with Crippen LogP contribution in [-0.4, -0.2) is 37.2 Å². The molecule has 1 N–H and O–H groups in total. The highest BCUT2D eigenvalue weighted by Crippen LogP contribution is 2.24. The summed E-state index contributed by atoms with van der Waals surface area (Å²) in [5, 5.41) is 3.79. The molecule has 0 aliphatic carbocycles. The highest BCUT2D eigenvalue weighted by molar-refractivity contribution is 7.89. The summed E-state index contributed by atoms with van der Waals surface area (Å²) >= 11 is 1.67. The summed E-state index contributed by atoms with van der Waals surface area (Å²) in [5.41, 5.74) is 3.67. The molecule has 4 rings (SSSR count). The molecule has 0 radical (unpaired) electrons. The van der Waals surface area contributed by atoms with Crippen molar-refractivity contribution in [2.24, 2.45) is 0 Å². The molecule has 0 atom stereocenters. The summed E-state index contributed by atoms with van der Waals surface area (Å²) < 4.78 is 27.5. The highest BCUT2D eigenvalue weighted by atomic mass is 32.2. The number of rotatable bonds is 7. The fraction of sp³-hybridized carbons (Fsp3) is 0.167. The smallest absolute Gasteiger partial charge is 0.243 e. The van der Waals surface area contributed by atoms with Gasteiger partial charge in [0, 0.05) is 19.2 Å². The van der Waals surface area contributed by atoms with Crippen molar-refractivity contribution in [3.05, 3.63) is 88.9 Å². The van der Waals surface area contributed by atoms with E-state index < -0.39 is 15.9 Å². The van der Waals surface area contributed by atoms with E-state index in [1.54, 1.807) is 35.6 Å². The Labute approximate surface area is 191 Å². The Kier molecular flexibility index (Phi) is 6.36. The number of anilines is 1. The minimum atomic E-state index is -3.73. The second kappa shape index (κ2) is 9.20. The maximum atomic E-state index is 12.7. The first-order chi connectivity index (χ1) is 15.3. The third kappa shape index (κ3) is 5.04. The number of nitrogens with zero attached hydrogens (tertiary/aromatic N) is 2. The SMILES string of the molecule is Cc1ccc(S(=O)(=O)N(C)CC(=O)Nc2ccc(Cc3nc4ccccc4s3)cc2)cc1. The van der Waals surface area contributed by atoms with Crippen LogP contribution >= 0.6 is 11.3 Å². The van der Waals surface area contributed by atoms with Gasteiger partial charge < -0.3 is 5.32 Å². The zero-order valence-electron chi connectivity index (χ0n) is 17.8. The number of sulfonamides is 1. The minimum absolute atomic E-state index is 0.164. The Morgan fingerprint density at radius 2 is 1.69 bits per heavy atom. The van der Waals surface area contributed by atoms with E-state index in [2.05, 4.69) is 16.4 Å². The Hall–Kier alpha value is -3.07. The molecule has 1 amide bonds. The number of para-hydroxylation sites is 1. The number of carbonyl (C=O) groups is 1. The Bertz CT molecular complexity index is 1310. The van der Waals surface area contributed by atoms with Crippen LogP contribution in [0, 0.1) is 6.92 Å². The lowest BCUT2D eigenvalue weighted by Gasteiger charge is -2.17. The summed E-state index contributed by atoms with van der Waals surface area (Å²) in [6, 6.07) is 22.1. The Morgan fingerprint density at radius 3 is 2.38 bits per heavy atom. The molecule has 1 heterocycles. The van der Waals surface area contributed by atoms with Gasteiger partial charge in [-0.25, -0.2) is 13.4 Å². The molecule has 0 fully saturated rings. The first kappa shape index (κ1) is 22.1. The lowest BCUT2D eigenvalue weighted by Crippen LogP contribution is -2.34. The van der Waals surface area contributed by atoms with Crippen LogP contribution < -0.4 is 5.32 Å². The number of hydrogen-bond acceptors (Lipinski definition) is 5. The molecule has 0 saturated heterocycles. The van der Waals surface area contributed by atoms with Crippen molar-refractivity contribution in [3.8, 4) is 0 Å². The van der Waals surface area contributed by atoms with Gasteiger partial charge in [0.15, 0.2) is 0 Å². The molecule has 164 valence electrons. The number of nitrogens with one attached hydrogen (secondary N) is 1. The van der Waals surface area contributed by atoms with Gasteiger partial charge in [0.2, 0.25) is 15.9 Å². The van der Waals surface area contributed by atoms with Crippen molar-refractivity contribution in [2.75, 3.05) is 18.9 Å². The second-order valence-corrected chi connectivity index (χ2v) is 10.7. The topological polar surface area (TPSA) is 79.4 Å². The van der Waals surface area contributed by atoms with E-state index in [-0.39, 0.29) is 11.4 Å². The zero-order chi connectivity index (χ0) is 22.7. The molecular weight excluding hydrogens is 442 g/mol. The monoisotopic (exact) mass is 465 g/mol. The lowest BCUT2D eigenvalue weighted by atomic mass is 10.1. The van der Waals surface area contributed by atoms with Gasteiger partial charge in [-0.3, -0.25) is 4.79 Å². The van der Waals surface area contributed by atoms with Crippen molar-refractivity contribution in [3.63, 3.8) is 0 Å². The molecule has 0 bridgehead atoms. The number of aryl methyl sites for hydroxylation is 1. The fourth-order valence-electron chi connectivity index (χ4n) is 3.25. The van der Waals surface area contributed by atoms with Crippen LogP contribution in [0.5, 0.6) is 0 Å². The lowest BCUT2D eigenvalue weighted by molar-refractivity contribution is -0.116. The number of fused-ring (bicyclic) bond motifs is 1. The van der Waals surface area contributed by atoms with E-state index in [1.807, 2.05) is 49.4 Å². The van der Waals surface area contributed by atoms with Gasteiger partial charge in [-0.2, -0.15) is 4.31 Å². The zero-order valence-corrected chi connectivity index (χ0v) is 19.4. The highest BCUT2D eigenvalue weighted by Gasteiger charge is 2.22. The number of benzene rings is 3. The van der Waals surface area contributed by atoms with Crippen molar-refractivity contribution in [1.82, 2.24) is 9.29 Å². The van der Waals surface area contributed by atoms with E-state index in [0.717, 1.165) is 30.7 Å². The Balaban J connectivity index is 1.36. The molecule has 0 aliphatic heterocycles. The number of likely N-dealkylation sites (N-methyl/N-ethyl adjacent to an activating group) is 1. The second-order valence-electron chi connectivity index (χ2n) is 7.57. The largest absolute Gasteiger partial charge is 0.325 e. The maximum absolute atomic E-state index is 12.7. The molecular formula is C24H23N3O3S2. The van der Waals surface area contributed by atoms with Crippen LogP contribution in [0.4, 0.5) is 5.69 Å². The van der Waals surface area contributed by atoms with Crippen molar-refractivity contribution in [1.29, 1.82) is 0 Å². The number of carbonyl (C=O) groups excluding carboxylic acids is 1. The van der Waals surface area contributed by atoms with Crippen LogP contribution in [0.15, 0.2) is 77.7 Å². The quantitative estimate of drug-likeness (QED) is 0.437. The van der Waals surface area contributed by atoms with Gasteiger partial charge in [-0.15, -0.1) is 11.3 Å². The first-order valence-electron chi connectivity index (χ1n) is 10.1. The molecule has 6 nitrogen and oxygen atoms in total. The van der Waals surface area contributed by atoms with Crippen molar-refractivity contribution >= 4 is 43.2 Å². The number of hydrogen-bond donors (Lipinski definition) is 1. The van der Waals surface area contributed by atoms with Crippen LogP contribution in [0.1, 0.15) is 16.1 Å². The summed E-state index contributed by atoms with van der Waals surface area (Å²) in [4.78, 5) is 17.2. The molecule has 4 aromatic rings. The van der Waals surface area contributed by atoms with Crippen LogP contribution in [0.2, 0.25) is 0 Å². The summed E-state index contributed by atoms with van der Waals surface area (Å²) in [7, 11) is -2.33. The molecule has 1 aromatic heterocycles. The Morgan fingerprint density at radius 1 is 1.00 bits per heavy atom. The molecule has 0 unspecified atom stereocenters. The third-order valence-corrected chi connectivity index (χ3v) is 7.88. The molecule has 8 heteroatoms. The number of aromatic nitrogens is 1. The van der Waals surface area contributed by atoms with Gasteiger partial charge in [0.1, 0.15) is 0 Å². The van der Waals surface area contributed by atoms with E-state index in [4.69, 9.17) is 0 Å². The fourth-order valence-corrected chi connectivity index (χ4v) is 5.38. The van der Waals surface area contributed by atoms with Gasteiger partial charge in [-0.1, -0.05) is 42.0 Å². The van der Waals surface area contributed by atoms with Crippen molar-refractivity contribution < 1.29 is 13.2 Å². The summed E-state index contributed by atoms with van der Waals surface area (Å²) in [6.07, 6.45) is 0.713. The predicted octanol–water partition coefficient (Wildman–Crippen LogP) is 4.45. The van der Waals surface area contributed by atoms with E-state index in [9.17, 15) is 13.2 Å². The van der Waals surface area contributed by atoms with E-state index in [0.29, 0.717) is 12.1 Å². The van der Waals surface area contributed by atoms with Gasteiger partial charge in [0.05, 0.1) is 26.7 Å². The normalized spacial score (nSPS) is 11.7. The van der Waals surface area contributed by atoms with Gasteiger partial charge in [-0.05, 0) is 48.9 Å². The first-order valence-corrected chi connectivity index (χ1v) is 12.3. The van der Waals surface area contributed by atoms with Crippen molar-refractivity contribution in [2.45, 2.75) is 18.2 Å². The maximum Gasteiger partial charge on any atom is 0.243 e. The number of thiazole rings is 1. The molecule has 0 aliphatic rings. The molecule has 32 heavy (non-hydrogen) atoms. The van der Waals surface area contributed by atoms with Crippen LogP contribution in [-0.2, 0) is 21.2 Å². The minimum Gasteiger partial charge on any atom is -0.325 e. The molecule has 0 spiro atoms. The molecule has 0 saturated carbocycles. The van der Waals surface area contributed by atoms with Crippen LogP contribution in [0.25, 0.3) is 10.2 Å². The summed E-state index contributed by atoms with van der Waals surface area (Å²) in [5.74, 6) is -0.401.